The van der Waals surface area contributed by atoms with Gasteiger partial charge in [0.2, 0.25) is 5.91 Å². The van der Waals surface area contributed by atoms with Gasteiger partial charge in [-0.2, -0.15) is 0 Å². The van der Waals surface area contributed by atoms with Gasteiger partial charge >= 0.3 is 0 Å². The van der Waals surface area contributed by atoms with Crippen molar-refractivity contribution in [3.63, 3.8) is 0 Å². The smallest absolute Gasteiger partial charge is 0.247 e. The van der Waals surface area contributed by atoms with Crippen LogP contribution in [0.5, 0.6) is 0 Å². The zero-order valence-corrected chi connectivity index (χ0v) is 8.70. The van der Waals surface area contributed by atoms with Crippen LogP contribution < -0.4 is 5.84 Å². The number of nitrogens with zero attached hydrogens (tertiary/aromatic N) is 1. The molecule has 0 aliphatic heterocycles. The van der Waals surface area contributed by atoms with Crippen LogP contribution in [0.1, 0.15) is 5.56 Å². The fourth-order valence-electron chi connectivity index (χ4n) is 0.945. The van der Waals surface area contributed by atoms with E-state index in [-0.39, 0.29) is 11.2 Å². The number of benzene rings is 1. The highest BCUT2D eigenvalue weighted by Crippen LogP contribution is 2.01. The molecular formula is C9H11BrN2O. The molecule has 0 aliphatic rings. The number of alkyl halides is 1. The van der Waals surface area contributed by atoms with Crippen LogP contribution >= 0.6 is 15.9 Å². The Morgan fingerprint density at radius 2 is 2.00 bits per heavy atom. The number of halogens is 1. The highest BCUT2D eigenvalue weighted by molar-refractivity contribution is 9.09. The van der Waals surface area contributed by atoms with Crippen molar-refractivity contribution >= 4 is 21.8 Å². The first-order valence-corrected chi connectivity index (χ1v) is 5.01. The van der Waals surface area contributed by atoms with Crippen molar-refractivity contribution in [2.75, 3.05) is 5.33 Å². The first-order chi connectivity index (χ1) is 6.24. The van der Waals surface area contributed by atoms with E-state index in [9.17, 15) is 4.79 Å². The van der Waals surface area contributed by atoms with Crippen molar-refractivity contribution < 1.29 is 4.79 Å². The van der Waals surface area contributed by atoms with Gasteiger partial charge < -0.3 is 0 Å². The Bertz CT molecular complexity index is 276. The number of carbonyl (C=O) groups is 1. The normalized spacial score (nSPS) is 9.69. The van der Waals surface area contributed by atoms with Gasteiger partial charge in [-0.3, -0.25) is 9.80 Å². The fourth-order valence-corrected chi connectivity index (χ4v) is 1.27. The zero-order valence-electron chi connectivity index (χ0n) is 7.11. The van der Waals surface area contributed by atoms with Crippen LogP contribution in [0.3, 0.4) is 0 Å². The number of hydrazine groups is 1. The standard InChI is InChI=1S/C9H11BrN2O/c10-6-9(13)12(11)7-8-4-2-1-3-5-8/h1-5H,6-7,11H2. The van der Waals surface area contributed by atoms with Crippen LogP contribution in [0.15, 0.2) is 30.3 Å². The van der Waals surface area contributed by atoms with Crippen LogP contribution in [0.25, 0.3) is 0 Å². The van der Waals surface area contributed by atoms with Gasteiger partial charge in [0.1, 0.15) is 0 Å². The highest BCUT2D eigenvalue weighted by atomic mass is 79.9. The van der Waals surface area contributed by atoms with E-state index in [0.29, 0.717) is 6.54 Å². The van der Waals surface area contributed by atoms with Crippen molar-refractivity contribution in [2.45, 2.75) is 6.54 Å². The van der Waals surface area contributed by atoms with E-state index in [0.717, 1.165) is 5.56 Å². The summed E-state index contributed by atoms with van der Waals surface area (Å²) in [6.45, 7) is 0.450. The first kappa shape index (κ1) is 10.2. The summed E-state index contributed by atoms with van der Waals surface area (Å²) in [4.78, 5) is 11.1. The van der Waals surface area contributed by atoms with Gasteiger partial charge in [-0.05, 0) is 5.56 Å². The predicted molar refractivity (Wildman–Crippen MR) is 55.0 cm³/mol. The molecule has 1 rings (SSSR count). The molecule has 0 atom stereocenters. The van der Waals surface area contributed by atoms with Gasteiger partial charge in [0, 0.05) is 0 Å². The van der Waals surface area contributed by atoms with Crippen LogP contribution in [-0.2, 0) is 11.3 Å². The second-order valence-electron chi connectivity index (χ2n) is 2.64. The molecule has 0 saturated carbocycles. The summed E-state index contributed by atoms with van der Waals surface area (Å²) in [5.41, 5.74) is 1.03. The summed E-state index contributed by atoms with van der Waals surface area (Å²) >= 11 is 3.06. The molecule has 4 heteroatoms. The van der Waals surface area contributed by atoms with E-state index >= 15 is 0 Å². The molecule has 3 nitrogen and oxygen atoms in total. The average Bonchev–Trinajstić information content (AvgIpc) is 2.18. The third-order valence-electron chi connectivity index (χ3n) is 1.63. The van der Waals surface area contributed by atoms with Gasteiger partial charge in [0.05, 0.1) is 11.9 Å². The van der Waals surface area contributed by atoms with Crippen molar-refractivity contribution in [3.8, 4) is 0 Å². The Kier molecular flexibility index (Phi) is 3.92. The van der Waals surface area contributed by atoms with E-state index in [1.807, 2.05) is 30.3 Å². The summed E-state index contributed by atoms with van der Waals surface area (Å²) < 4.78 is 0. The number of amides is 1. The van der Waals surface area contributed by atoms with Gasteiger partial charge in [-0.15, -0.1) is 0 Å². The van der Waals surface area contributed by atoms with Gasteiger partial charge in [-0.25, -0.2) is 5.84 Å². The minimum absolute atomic E-state index is 0.121. The second-order valence-corrected chi connectivity index (χ2v) is 3.20. The molecule has 0 spiro atoms. The monoisotopic (exact) mass is 242 g/mol. The maximum absolute atomic E-state index is 11.1. The molecule has 0 radical (unpaired) electrons. The molecule has 0 heterocycles. The Balaban J connectivity index is 2.55. The lowest BCUT2D eigenvalue weighted by molar-refractivity contribution is -0.129. The van der Waals surface area contributed by atoms with Crippen LogP contribution in [0.4, 0.5) is 0 Å². The largest absolute Gasteiger partial charge is 0.276 e. The minimum Gasteiger partial charge on any atom is -0.276 e. The van der Waals surface area contributed by atoms with E-state index in [1.54, 1.807) is 0 Å². The van der Waals surface area contributed by atoms with Gasteiger partial charge in [-0.1, -0.05) is 46.3 Å². The lowest BCUT2D eigenvalue weighted by Gasteiger charge is -2.14. The van der Waals surface area contributed by atoms with Gasteiger partial charge in [0.15, 0.2) is 0 Å². The van der Waals surface area contributed by atoms with E-state index in [1.165, 1.54) is 5.01 Å². The van der Waals surface area contributed by atoms with Crippen molar-refractivity contribution in [1.82, 2.24) is 5.01 Å². The maximum atomic E-state index is 11.1. The van der Waals surface area contributed by atoms with E-state index in [4.69, 9.17) is 5.84 Å². The summed E-state index contributed by atoms with van der Waals surface area (Å²) in [5.74, 6) is 5.39. The molecule has 1 aromatic carbocycles. The number of hydrogen-bond donors (Lipinski definition) is 1. The maximum Gasteiger partial charge on any atom is 0.247 e. The predicted octanol–water partition coefficient (Wildman–Crippen LogP) is 1.28. The first-order valence-electron chi connectivity index (χ1n) is 3.89. The SMILES string of the molecule is NN(Cc1ccccc1)C(=O)CBr. The quantitative estimate of drug-likeness (QED) is 0.376. The molecule has 0 aromatic heterocycles. The summed E-state index contributed by atoms with van der Waals surface area (Å²) in [5, 5.41) is 1.46. The molecule has 0 unspecified atom stereocenters. The third kappa shape index (κ3) is 3.16. The van der Waals surface area contributed by atoms with E-state index in [2.05, 4.69) is 15.9 Å². The Morgan fingerprint density at radius 3 is 2.54 bits per heavy atom. The average molecular weight is 243 g/mol. The molecule has 1 amide bonds. The van der Waals surface area contributed by atoms with Crippen LogP contribution in [0, 0.1) is 0 Å². The molecule has 0 aliphatic carbocycles. The van der Waals surface area contributed by atoms with E-state index < -0.39 is 0 Å². The van der Waals surface area contributed by atoms with Crippen molar-refractivity contribution in [1.29, 1.82) is 0 Å². The Labute approximate surface area is 85.6 Å². The fraction of sp³-hybridized carbons (Fsp3) is 0.222. The molecule has 2 N–H and O–H groups in total. The molecule has 70 valence electrons. The van der Waals surface area contributed by atoms with Crippen LogP contribution in [-0.4, -0.2) is 16.2 Å². The Morgan fingerprint density at radius 1 is 1.38 bits per heavy atom. The lowest BCUT2D eigenvalue weighted by atomic mass is 10.2. The number of nitrogens with two attached hydrogens (primary N) is 1. The zero-order chi connectivity index (χ0) is 9.68. The molecular weight excluding hydrogens is 232 g/mol. The molecule has 0 bridgehead atoms. The minimum atomic E-state index is -0.121. The number of rotatable bonds is 3. The summed E-state index contributed by atoms with van der Waals surface area (Å²) in [7, 11) is 0. The summed E-state index contributed by atoms with van der Waals surface area (Å²) in [6.07, 6.45) is 0. The topological polar surface area (TPSA) is 46.3 Å². The second kappa shape index (κ2) is 4.99. The molecule has 13 heavy (non-hydrogen) atoms. The lowest BCUT2D eigenvalue weighted by Crippen LogP contribution is -2.37. The molecule has 1 aromatic rings. The highest BCUT2D eigenvalue weighted by Gasteiger charge is 2.06. The van der Waals surface area contributed by atoms with Crippen molar-refractivity contribution in [3.05, 3.63) is 35.9 Å². The third-order valence-corrected chi connectivity index (χ3v) is 2.11. The Hall–Kier alpha value is -0.870. The number of carbonyl (C=O) groups excluding carboxylic acids is 1. The number of hydrogen-bond acceptors (Lipinski definition) is 2. The molecule has 0 saturated heterocycles. The molecule has 0 fully saturated rings. The van der Waals surface area contributed by atoms with Gasteiger partial charge in [0.25, 0.3) is 0 Å². The van der Waals surface area contributed by atoms with Crippen LogP contribution in [0.2, 0.25) is 0 Å². The van der Waals surface area contributed by atoms with Crippen molar-refractivity contribution in [2.24, 2.45) is 5.84 Å². The summed E-state index contributed by atoms with van der Waals surface area (Å²) in [6, 6.07) is 9.63.